The minimum absolute atomic E-state index is 0.469. The fraction of sp³-hybridized carbons (Fsp3) is 0.455. The van der Waals surface area contributed by atoms with Crippen LogP contribution in [0.4, 0.5) is 5.69 Å². The summed E-state index contributed by atoms with van der Waals surface area (Å²) in [6.07, 6.45) is 2.94. The zero-order chi connectivity index (χ0) is 10.4. The van der Waals surface area contributed by atoms with Gasteiger partial charge in [-0.1, -0.05) is 23.2 Å². The number of rotatable bonds is 0. The fourth-order valence-corrected chi connectivity index (χ4v) is 3.07. The van der Waals surface area contributed by atoms with Gasteiger partial charge in [0.1, 0.15) is 0 Å². The van der Waals surface area contributed by atoms with Gasteiger partial charge in [0.15, 0.2) is 0 Å². The maximum atomic E-state index is 6.17. The Morgan fingerprint density at radius 1 is 1.33 bits per heavy atom. The quantitative estimate of drug-likeness (QED) is 0.751. The van der Waals surface area contributed by atoms with Crippen LogP contribution in [0.5, 0.6) is 0 Å². The number of fused-ring (bicyclic) bond motifs is 2. The molecule has 2 aliphatic rings. The van der Waals surface area contributed by atoms with Gasteiger partial charge in [-0.3, -0.25) is 4.90 Å². The van der Waals surface area contributed by atoms with E-state index in [1.54, 1.807) is 6.07 Å². The van der Waals surface area contributed by atoms with Crippen LogP contribution in [0.3, 0.4) is 0 Å². The third kappa shape index (κ3) is 1.61. The first-order valence-corrected chi connectivity index (χ1v) is 5.98. The van der Waals surface area contributed by atoms with Crippen molar-refractivity contribution in [2.45, 2.75) is 25.6 Å². The molecule has 0 aliphatic carbocycles. The molecule has 1 saturated heterocycles. The third-order valence-electron chi connectivity index (χ3n) is 3.18. The van der Waals surface area contributed by atoms with Gasteiger partial charge < -0.3 is 5.32 Å². The summed E-state index contributed by atoms with van der Waals surface area (Å²) in [7, 11) is 0. The second-order valence-corrected chi connectivity index (χ2v) is 5.04. The van der Waals surface area contributed by atoms with Crippen molar-refractivity contribution in [1.82, 2.24) is 4.90 Å². The molecule has 0 saturated carbocycles. The lowest BCUT2D eigenvalue weighted by Gasteiger charge is -2.33. The number of hydrogen-bond donors (Lipinski definition) is 1. The molecule has 1 atom stereocenters. The van der Waals surface area contributed by atoms with Crippen molar-refractivity contribution in [2.75, 3.05) is 11.9 Å². The molecular formula is C11H12Cl2N2. The summed E-state index contributed by atoms with van der Waals surface area (Å²) in [5.74, 6) is 0. The van der Waals surface area contributed by atoms with E-state index in [2.05, 4.69) is 10.2 Å². The summed E-state index contributed by atoms with van der Waals surface area (Å²) in [6.45, 7) is 2.13. The Morgan fingerprint density at radius 2 is 2.20 bits per heavy atom. The van der Waals surface area contributed by atoms with Crippen molar-refractivity contribution in [1.29, 1.82) is 0 Å². The molecule has 3 rings (SSSR count). The molecular weight excluding hydrogens is 231 g/mol. The van der Waals surface area contributed by atoms with Gasteiger partial charge in [-0.2, -0.15) is 0 Å². The molecule has 0 amide bonds. The zero-order valence-corrected chi connectivity index (χ0v) is 9.78. The highest BCUT2D eigenvalue weighted by Gasteiger charge is 2.30. The first kappa shape index (κ1) is 9.76. The van der Waals surface area contributed by atoms with Crippen molar-refractivity contribution in [3.8, 4) is 0 Å². The van der Waals surface area contributed by atoms with Crippen LogP contribution >= 0.6 is 23.2 Å². The van der Waals surface area contributed by atoms with E-state index in [-0.39, 0.29) is 0 Å². The fourth-order valence-electron chi connectivity index (χ4n) is 2.48. The molecule has 0 radical (unpaired) electrons. The number of benzene rings is 1. The average Bonchev–Trinajstić information content (AvgIpc) is 2.61. The van der Waals surface area contributed by atoms with E-state index in [9.17, 15) is 0 Å². The molecule has 1 aromatic rings. The number of halogens is 2. The highest BCUT2D eigenvalue weighted by Crippen LogP contribution is 2.37. The molecule has 1 unspecified atom stereocenters. The molecule has 2 heterocycles. The summed E-state index contributed by atoms with van der Waals surface area (Å²) in [6, 6.07) is 3.81. The molecule has 2 nitrogen and oxygen atoms in total. The smallest absolute Gasteiger partial charge is 0.0797 e. The minimum Gasteiger partial charge on any atom is -0.368 e. The van der Waals surface area contributed by atoms with Crippen molar-refractivity contribution in [2.24, 2.45) is 0 Å². The molecule has 1 aromatic carbocycles. The summed E-state index contributed by atoms with van der Waals surface area (Å²) in [4.78, 5) is 2.44. The Morgan fingerprint density at radius 3 is 3.07 bits per heavy atom. The summed E-state index contributed by atoms with van der Waals surface area (Å²) < 4.78 is 0. The normalized spacial score (nSPS) is 24.5. The summed E-state index contributed by atoms with van der Waals surface area (Å²) >= 11 is 12.2. The maximum Gasteiger partial charge on any atom is 0.0797 e. The lowest BCUT2D eigenvalue weighted by atomic mass is 10.1. The van der Waals surface area contributed by atoms with Crippen LogP contribution in [0.1, 0.15) is 18.4 Å². The van der Waals surface area contributed by atoms with Crippen LogP contribution in [0.2, 0.25) is 10.0 Å². The number of hydrogen-bond acceptors (Lipinski definition) is 2. The molecule has 1 fully saturated rings. The zero-order valence-electron chi connectivity index (χ0n) is 8.26. The minimum atomic E-state index is 0.469. The van der Waals surface area contributed by atoms with Crippen LogP contribution < -0.4 is 5.32 Å². The van der Waals surface area contributed by atoms with Crippen molar-refractivity contribution in [3.05, 3.63) is 27.7 Å². The summed E-state index contributed by atoms with van der Waals surface area (Å²) in [5.41, 5.74) is 2.29. The van der Waals surface area contributed by atoms with Crippen molar-refractivity contribution >= 4 is 28.9 Å². The van der Waals surface area contributed by atoms with Gasteiger partial charge in [0.2, 0.25) is 0 Å². The predicted octanol–water partition coefficient (Wildman–Crippen LogP) is 3.34. The lowest BCUT2D eigenvalue weighted by molar-refractivity contribution is 0.257. The molecule has 0 spiro atoms. The largest absolute Gasteiger partial charge is 0.368 e. The molecule has 2 aliphatic heterocycles. The number of nitrogens with one attached hydrogen (secondary N) is 1. The van der Waals surface area contributed by atoms with E-state index in [1.165, 1.54) is 24.9 Å². The van der Waals surface area contributed by atoms with Crippen LogP contribution in [-0.4, -0.2) is 17.6 Å². The van der Waals surface area contributed by atoms with Gasteiger partial charge in [-0.05, 0) is 30.5 Å². The van der Waals surface area contributed by atoms with Crippen LogP contribution in [0.25, 0.3) is 0 Å². The van der Waals surface area contributed by atoms with Gasteiger partial charge in [0.05, 0.1) is 16.9 Å². The first-order valence-electron chi connectivity index (χ1n) is 5.22. The van der Waals surface area contributed by atoms with Gasteiger partial charge in [-0.25, -0.2) is 0 Å². The van der Waals surface area contributed by atoms with Gasteiger partial charge in [-0.15, -0.1) is 0 Å². The highest BCUT2D eigenvalue weighted by atomic mass is 35.5. The Balaban J connectivity index is 2.03. The van der Waals surface area contributed by atoms with Crippen molar-refractivity contribution in [3.63, 3.8) is 0 Å². The van der Waals surface area contributed by atoms with E-state index in [1.807, 2.05) is 6.07 Å². The van der Waals surface area contributed by atoms with Crippen molar-refractivity contribution < 1.29 is 0 Å². The predicted molar refractivity (Wildman–Crippen MR) is 63.5 cm³/mol. The van der Waals surface area contributed by atoms with Crippen LogP contribution in [0.15, 0.2) is 12.1 Å². The molecule has 4 heteroatoms. The van der Waals surface area contributed by atoms with E-state index in [0.717, 1.165) is 22.3 Å². The SMILES string of the molecule is Clc1cc(Cl)c2c(c1)CN1CCCC1N2. The number of nitrogens with zero attached hydrogens (tertiary/aromatic N) is 1. The Hall–Kier alpha value is -0.440. The van der Waals surface area contributed by atoms with Gasteiger partial charge in [0, 0.05) is 18.1 Å². The van der Waals surface area contributed by atoms with Crippen LogP contribution in [-0.2, 0) is 6.54 Å². The highest BCUT2D eigenvalue weighted by molar-refractivity contribution is 6.36. The molecule has 0 aromatic heterocycles. The van der Waals surface area contributed by atoms with E-state index >= 15 is 0 Å². The average molecular weight is 243 g/mol. The second-order valence-electron chi connectivity index (χ2n) is 4.19. The maximum absolute atomic E-state index is 6.17. The lowest BCUT2D eigenvalue weighted by Crippen LogP contribution is -2.39. The van der Waals surface area contributed by atoms with E-state index in [4.69, 9.17) is 23.2 Å². The summed E-state index contributed by atoms with van der Waals surface area (Å²) in [5, 5.41) is 4.95. The van der Waals surface area contributed by atoms with Gasteiger partial charge in [0.25, 0.3) is 0 Å². The first-order chi connectivity index (χ1) is 7.24. The monoisotopic (exact) mass is 242 g/mol. The van der Waals surface area contributed by atoms with E-state index in [0.29, 0.717) is 6.17 Å². The Bertz CT molecular complexity index is 406. The number of anilines is 1. The molecule has 15 heavy (non-hydrogen) atoms. The second kappa shape index (κ2) is 3.55. The Labute approximate surface area is 99.2 Å². The van der Waals surface area contributed by atoms with E-state index < -0.39 is 0 Å². The molecule has 0 bridgehead atoms. The Kier molecular flexibility index (Phi) is 2.31. The molecule has 1 N–H and O–H groups in total. The topological polar surface area (TPSA) is 15.3 Å². The van der Waals surface area contributed by atoms with Gasteiger partial charge >= 0.3 is 0 Å². The van der Waals surface area contributed by atoms with Crippen LogP contribution in [0, 0.1) is 0 Å². The third-order valence-corrected chi connectivity index (χ3v) is 3.70. The molecule has 80 valence electrons. The standard InChI is InChI=1S/C11H12Cl2N2/c12-8-4-7-6-15-3-1-2-10(15)14-11(7)9(13)5-8/h4-5,10,14H,1-3,6H2.